The smallest absolute Gasteiger partial charge is 0.399 e. The number of rotatable bonds is 2. The molecule has 2 heterocycles. The number of pyridine rings is 1. The Bertz CT molecular complexity index is 629. The maximum Gasteiger partial charge on any atom is 0.498 e. The molecule has 0 saturated carbocycles. The molecule has 7 nitrogen and oxygen atoms in total. The van der Waals surface area contributed by atoms with E-state index >= 15 is 0 Å². The Morgan fingerprint density at radius 2 is 1.70 bits per heavy atom. The van der Waals surface area contributed by atoms with Crippen molar-refractivity contribution in [1.82, 2.24) is 4.98 Å². The van der Waals surface area contributed by atoms with E-state index in [1.807, 2.05) is 27.7 Å². The number of hydrogen-bond donors (Lipinski definition) is 2. The van der Waals surface area contributed by atoms with Crippen LogP contribution in [0, 0.1) is 0 Å². The lowest BCUT2D eigenvalue weighted by Crippen LogP contribution is -2.41. The summed E-state index contributed by atoms with van der Waals surface area (Å²) in [4.78, 5) is 3.72. The van der Waals surface area contributed by atoms with E-state index in [1.54, 1.807) is 0 Å². The van der Waals surface area contributed by atoms with Crippen LogP contribution >= 0.6 is 0 Å². The van der Waals surface area contributed by atoms with Gasteiger partial charge in [-0.3, -0.25) is 0 Å². The fraction of sp³-hybridized carbons (Fsp3) is 0.545. The Hall–Kier alpha value is -1.16. The van der Waals surface area contributed by atoms with Gasteiger partial charge in [0, 0.05) is 11.7 Å². The zero-order valence-corrected chi connectivity index (χ0v) is 12.7. The minimum atomic E-state index is -3.86. The van der Waals surface area contributed by atoms with E-state index in [2.05, 4.69) is 4.98 Å². The average molecular weight is 299 g/mol. The highest BCUT2D eigenvalue weighted by molar-refractivity contribution is 7.89. The Morgan fingerprint density at radius 1 is 1.20 bits per heavy atom. The second kappa shape index (κ2) is 4.42. The lowest BCUT2D eigenvalue weighted by atomic mass is 9.79. The van der Waals surface area contributed by atoms with Gasteiger partial charge in [-0.15, -0.1) is 0 Å². The molecule has 1 aromatic heterocycles. The molecule has 1 aliphatic rings. The molecule has 4 N–H and O–H groups in total. The highest BCUT2D eigenvalue weighted by atomic mass is 32.2. The molecule has 0 atom stereocenters. The van der Waals surface area contributed by atoms with Crippen molar-refractivity contribution in [3.63, 3.8) is 0 Å². The molecule has 0 spiro atoms. The second-order valence-corrected chi connectivity index (χ2v) is 7.34. The van der Waals surface area contributed by atoms with Gasteiger partial charge in [-0.1, -0.05) is 0 Å². The molecule has 1 saturated heterocycles. The molecule has 9 heteroatoms. The summed E-state index contributed by atoms with van der Waals surface area (Å²) in [5.41, 5.74) is 5.03. The number of anilines is 1. The summed E-state index contributed by atoms with van der Waals surface area (Å²) < 4.78 is 34.4. The van der Waals surface area contributed by atoms with E-state index in [-0.39, 0.29) is 10.7 Å². The average Bonchev–Trinajstić information content (AvgIpc) is 2.46. The SMILES string of the molecule is CC1(C)OB(c2cc(S(N)(=O)=O)cnc2N)OC1(C)C. The van der Waals surface area contributed by atoms with Gasteiger partial charge in [0.15, 0.2) is 0 Å². The molecule has 20 heavy (non-hydrogen) atoms. The third-order valence-corrected chi connectivity index (χ3v) is 4.64. The van der Waals surface area contributed by atoms with Crippen LogP contribution in [0.4, 0.5) is 5.82 Å². The van der Waals surface area contributed by atoms with E-state index in [9.17, 15) is 8.42 Å². The van der Waals surface area contributed by atoms with Crippen LogP contribution in [0.1, 0.15) is 27.7 Å². The van der Waals surface area contributed by atoms with Crippen molar-refractivity contribution in [3.05, 3.63) is 12.3 Å². The van der Waals surface area contributed by atoms with Crippen molar-refractivity contribution >= 4 is 28.4 Å². The van der Waals surface area contributed by atoms with Crippen molar-refractivity contribution in [1.29, 1.82) is 0 Å². The third kappa shape index (κ3) is 2.53. The molecule has 1 fully saturated rings. The highest BCUT2D eigenvalue weighted by Crippen LogP contribution is 2.36. The van der Waals surface area contributed by atoms with Crippen LogP contribution in [-0.4, -0.2) is 31.7 Å². The van der Waals surface area contributed by atoms with Crippen molar-refractivity contribution in [3.8, 4) is 0 Å². The van der Waals surface area contributed by atoms with Crippen molar-refractivity contribution in [2.24, 2.45) is 5.14 Å². The molecule has 0 amide bonds. The van der Waals surface area contributed by atoms with Gasteiger partial charge in [-0.2, -0.15) is 0 Å². The van der Waals surface area contributed by atoms with E-state index in [4.69, 9.17) is 20.2 Å². The van der Waals surface area contributed by atoms with E-state index in [1.165, 1.54) is 6.07 Å². The van der Waals surface area contributed by atoms with Gasteiger partial charge in [0.25, 0.3) is 0 Å². The van der Waals surface area contributed by atoms with Crippen molar-refractivity contribution in [2.75, 3.05) is 5.73 Å². The minimum absolute atomic E-state index is 0.128. The number of nitrogens with two attached hydrogens (primary N) is 2. The van der Waals surface area contributed by atoms with E-state index in [0.29, 0.717) is 5.46 Å². The second-order valence-electron chi connectivity index (χ2n) is 5.78. The Kier molecular flexibility index (Phi) is 3.37. The summed E-state index contributed by atoms with van der Waals surface area (Å²) in [7, 11) is -4.64. The van der Waals surface area contributed by atoms with E-state index < -0.39 is 28.3 Å². The molecule has 0 bridgehead atoms. The summed E-state index contributed by atoms with van der Waals surface area (Å²) in [5, 5.41) is 5.09. The van der Waals surface area contributed by atoms with Gasteiger partial charge in [0.2, 0.25) is 10.0 Å². The van der Waals surface area contributed by atoms with Crippen LogP contribution in [0.15, 0.2) is 17.2 Å². The fourth-order valence-corrected chi connectivity index (χ4v) is 2.28. The van der Waals surface area contributed by atoms with Crippen LogP contribution in [0.5, 0.6) is 0 Å². The van der Waals surface area contributed by atoms with Crippen molar-refractivity contribution < 1.29 is 17.7 Å². The van der Waals surface area contributed by atoms with Gasteiger partial charge in [0.05, 0.1) is 16.1 Å². The van der Waals surface area contributed by atoms with Gasteiger partial charge < -0.3 is 15.0 Å². The summed E-state index contributed by atoms with van der Waals surface area (Å²) in [6.07, 6.45) is 1.11. The van der Waals surface area contributed by atoms with Crippen LogP contribution in [0.3, 0.4) is 0 Å². The fourth-order valence-electron chi connectivity index (χ4n) is 1.79. The first-order valence-corrected chi connectivity index (χ1v) is 7.62. The highest BCUT2D eigenvalue weighted by Gasteiger charge is 2.52. The minimum Gasteiger partial charge on any atom is -0.399 e. The Labute approximate surface area is 118 Å². The van der Waals surface area contributed by atoms with Crippen LogP contribution in [-0.2, 0) is 19.3 Å². The maximum atomic E-state index is 11.4. The first kappa shape index (κ1) is 15.2. The lowest BCUT2D eigenvalue weighted by Gasteiger charge is -2.32. The molecule has 0 unspecified atom stereocenters. The molecule has 0 radical (unpaired) electrons. The van der Waals surface area contributed by atoms with Crippen molar-refractivity contribution in [2.45, 2.75) is 43.8 Å². The number of aromatic nitrogens is 1. The van der Waals surface area contributed by atoms with Gasteiger partial charge >= 0.3 is 7.12 Å². The topological polar surface area (TPSA) is 118 Å². The number of sulfonamides is 1. The first-order valence-electron chi connectivity index (χ1n) is 6.08. The summed E-state index contributed by atoms with van der Waals surface area (Å²) in [6.45, 7) is 7.56. The third-order valence-electron chi connectivity index (χ3n) is 3.76. The summed E-state index contributed by atoms with van der Waals surface area (Å²) in [5.74, 6) is 0.149. The molecule has 110 valence electrons. The summed E-state index contributed by atoms with van der Waals surface area (Å²) in [6, 6.07) is 1.33. The zero-order valence-electron chi connectivity index (χ0n) is 11.9. The van der Waals surface area contributed by atoms with Crippen LogP contribution < -0.4 is 16.3 Å². The number of hydrogen-bond acceptors (Lipinski definition) is 6. The van der Waals surface area contributed by atoms with Gasteiger partial charge in [0.1, 0.15) is 5.82 Å². The molecular formula is C11H18BN3O4S. The first-order chi connectivity index (χ1) is 8.94. The van der Waals surface area contributed by atoms with Crippen LogP contribution in [0.2, 0.25) is 0 Å². The zero-order chi connectivity index (χ0) is 15.3. The van der Waals surface area contributed by atoms with Crippen LogP contribution in [0.25, 0.3) is 0 Å². The maximum absolute atomic E-state index is 11.4. The predicted molar refractivity (Wildman–Crippen MR) is 75.7 cm³/mol. The lowest BCUT2D eigenvalue weighted by molar-refractivity contribution is 0.00578. The van der Waals surface area contributed by atoms with E-state index in [0.717, 1.165) is 6.20 Å². The standard InChI is InChI=1S/C11H18BN3O4S/c1-10(2)11(3,4)19-12(18-10)8-5-7(20(14,16)17)6-15-9(8)13/h5-6H,1-4H3,(H2,13,15)(H2,14,16,17). The number of nitrogen functional groups attached to an aromatic ring is 1. The molecule has 1 aliphatic heterocycles. The van der Waals surface area contributed by atoms with Gasteiger partial charge in [-0.25, -0.2) is 18.5 Å². The molecule has 1 aromatic rings. The predicted octanol–water partition coefficient (Wildman–Crippen LogP) is -0.390. The quantitative estimate of drug-likeness (QED) is 0.718. The molecular weight excluding hydrogens is 281 g/mol. The molecule has 0 aromatic carbocycles. The number of primary sulfonamides is 1. The summed E-state index contributed by atoms with van der Waals surface area (Å²) >= 11 is 0. The molecule has 0 aliphatic carbocycles. The van der Waals surface area contributed by atoms with Gasteiger partial charge in [-0.05, 0) is 33.8 Å². The molecule has 2 rings (SSSR count). The Morgan fingerprint density at radius 3 is 2.15 bits per heavy atom. The Balaban J connectivity index is 2.45. The monoisotopic (exact) mass is 299 g/mol. The normalized spacial score (nSPS) is 21.1. The number of nitrogens with zero attached hydrogens (tertiary/aromatic N) is 1. The largest absolute Gasteiger partial charge is 0.498 e.